The van der Waals surface area contributed by atoms with Gasteiger partial charge in [-0.25, -0.2) is 9.97 Å². The van der Waals surface area contributed by atoms with Gasteiger partial charge >= 0.3 is 0 Å². The molecule has 100 valence electrons. The molecular weight excluding hydrogens is 240 g/mol. The van der Waals surface area contributed by atoms with E-state index in [9.17, 15) is 0 Å². The van der Waals surface area contributed by atoms with E-state index in [1.807, 2.05) is 31.6 Å². The lowest BCUT2D eigenvalue weighted by Gasteiger charge is -2.09. The van der Waals surface area contributed by atoms with Crippen LogP contribution in [0.1, 0.15) is 31.5 Å². The average molecular weight is 258 g/mol. The van der Waals surface area contributed by atoms with Crippen molar-refractivity contribution in [3.8, 4) is 5.88 Å². The fourth-order valence-electron chi connectivity index (χ4n) is 2.06. The Morgan fingerprint density at radius 3 is 2.95 bits per heavy atom. The molecule has 0 spiro atoms. The highest BCUT2D eigenvalue weighted by atomic mass is 16.5. The van der Waals surface area contributed by atoms with Crippen molar-refractivity contribution in [2.75, 3.05) is 11.9 Å². The molecule has 1 aliphatic carbocycles. The molecule has 0 aromatic carbocycles. The summed E-state index contributed by atoms with van der Waals surface area (Å²) in [4.78, 5) is 8.45. The van der Waals surface area contributed by atoms with Gasteiger partial charge in [0, 0.05) is 18.3 Å². The molecule has 2 aromatic rings. The molecule has 0 aliphatic heterocycles. The lowest BCUT2D eigenvalue weighted by atomic mass is 10.3. The number of anilines is 1. The van der Waals surface area contributed by atoms with E-state index in [4.69, 9.17) is 4.74 Å². The third-order valence-electron chi connectivity index (χ3n) is 3.19. The first kappa shape index (κ1) is 12.0. The molecule has 1 N–H and O–H groups in total. The molecule has 2 heterocycles. The van der Waals surface area contributed by atoms with Gasteiger partial charge in [0.15, 0.2) is 0 Å². The van der Waals surface area contributed by atoms with Crippen molar-refractivity contribution in [1.82, 2.24) is 14.5 Å². The summed E-state index contributed by atoms with van der Waals surface area (Å²) in [6.07, 6.45) is 8.18. The molecule has 5 nitrogen and oxygen atoms in total. The van der Waals surface area contributed by atoms with E-state index in [1.165, 1.54) is 18.5 Å². The second-order valence-electron chi connectivity index (χ2n) is 4.70. The number of nitrogens with one attached hydrogen (secondary N) is 1. The van der Waals surface area contributed by atoms with Gasteiger partial charge in [-0.3, -0.25) is 0 Å². The molecule has 1 aliphatic rings. The number of nitrogens with zero attached hydrogens (tertiary/aromatic N) is 3. The van der Waals surface area contributed by atoms with E-state index in [1.54, 1.807) is 6.20 Å². The van der Waals surface area contributed by atoms with Crippen LogP contribution in [0.5, 0.6) is 5.88 Å². The minimum atomic E-state index is 0.639. The van der Waals surface area contributed by atoms with Crippen LogP contribution in [0.4, 0.5) is 5.69 Å². The highest BCUT2D eigenvalue weighted by Crippen LogP contribution is 2.35. The van der Waals surface area contributed by atoms with Gasteiger partial charge in [0.05, 0.1) is 37.1 Å². The highest BCUT2D eigenvalue weighted by Gasteiger charge is 2.24. The molecule has 3 rings (SSSR count). The monoisotopic (exact) mass is 258 g/mol. The summed E-state index contributed by atoms with van der Waals surface area (Å²) in [5.74, 6) is 0.663. The molecule has 0 saturated heterocycles. The fourth-order valence-corrected chi connectivity index (χ4v) is 2.06. The number of pyridine rings is 1. The first-order valence-corrected chi connectivity index (χ1v) is 6.70. The molecule has 1 saturated carbocycles. The number of rotatable bonds is 6. The van der Waals surface area contributed by atoms with Gasteiger partial charge in [0.2, 0.25) is 5.88 Å². The van der Waals surface area contributed by atoms with E-state index >= 15 is 0 Å². The molecule has 0 radical (unpaired) electrons. The molecule has 5 heteroatoms. The minimum absolute atomic E-state index is 0.639. The number of ether oxygens (including phenoxy) is 1. The normalized spacial score (nSPS) is 14.4. The molecule has 0 amide bonds. The van der Waals surface area contributed by atoms with Crippen LogP contribution in [-0.4, -0.2) is 21.1 Å². The summed E-state index contributed by atoms with van der Waals surface area (Å²) in [7, 11) is 0. The Hall–Kier alpha value is -2.04. The van der Waals surface area contributed by atoms with Crippen molar-refractivity contribution in [2.45, 2.75) is 32.4 Å². The van der Waals surface area contributed by atoms with E-state index in [0.717, 1.165) is 12.2 Å². The standard InChI is InChI=1S/C14H18N4O/c1-2-19-14-6-3-11(7-17-14)16-9-13-8-15-10-18(13)12-4-5-12/h3,6-8,10,12,16H,2,4-5,9H2,1H3. The van der Waals surface area contributed by atoms with Crippen molar-refractivity contribution < 1.29 is 4.74 Å². The van der Waals surface area contributed by atoms with Gasteiger partial charge in [-0.15, -0.1) is 0 Å². The van der Waals surface area contributed by atoms with Crippen molar-refractivity contribution in [2.24, 2.45) is 0 Å². The molecule has 19 heavy (non-hydrogen) atoms. The van der Waals surface area contributed by atoms with Crippen LogP contribution in [0, 0.1) is 0 Å². The maximum Gasteiger partial charge on any atom is 0.213 e. The fraction of sp³-hybridized carbons (Fsp3) is 0.429. The molecule has 1 fully saturated rings. The zero-order chi connectivity index (χ0) is 13.1. The Balaban J connectivity index is 1.60. The van der Waals surface area contributed by atoms with Crippen LogP contribution in [0.2, 0.25) is 0 Å². The lowest BCUT2D eigenvalue weighted by molar-refractivity contribution is 0.327. The van der Waals surface area contributed by atoms with E-state index < -0.39 is 0 Å². The Kier molecular flexibility index (Phi) is 3.35. The lowest BCUT2D eigenvalue weighted by Crippen LogP contribution is -2.06. The Bertz CT molecular complexity index is 531. The smallest absolute Gasteiger partial charge is 0.213 e. The molecule has 2 aromatic heterocycles. The van der Waals surface area contributed by atoms with Crippen LogP contribution >= 0.6 is 0 Å². The zero-order valence-corrected chi connectivity index (χ0v) is 11.0. The maximum absolute atomic E-state index is 5.32. The number of hydrogen-bond acceptors (Lipinski definition) is 4. The summed E-state index contributed by atoms with van der Waals surface area (Å²) in [6, 6.07) is 4.53. The third-order valence-corrected chi connectivity index (χ3v) is 3.19. The second kappa shape index (κ2) is 5.30. The summed E-state index contributed by atoms with van der Waals surface area (Å²) in [5, 5.41) is 3.36. The van der Waals surface area contributed by atoms with Gasteiger partial charge in [0.1, 0.15) is 0 Å². The van der Waals surface area contributed by atoms with Gasteiger partial charge in [-0.05, 0) is 25.8 Å². The minimum Gasteiger partial charge on any atom is -0.478 e. The van der Waals surface area contributed by atoms with Crippen LogP contribution in [0.3, 0.4) is 0 Å². The van der Waals surface area contributed by atoms with Crippen LogP contribution in [0.15, 0.2) is 30.9 Å². The summed E-state index contributed by atoms with van der Waals surface area (Å²) in [6.45, 7) is 3.36. The number of imidazole rings is 1. The molecule has 0 bridgehead atoms. The van der Waals surface area contributed by atoms with Crippen LogP contribution in [-0.2, 0) is 6.54 Å². The predicted octanol–water partition coefficient (Wildman–Crippen LogP) is 2.62. The van der Waals surface area contributed by atoms with Crippen molar-refractivity contribution in [1.29, 1.82) is 0 Å². The van der Waals surface area contributed by atoms with E-state index in [0.29, 0.717) is 18.5 Å². The van der Waals surface area contributed by atoms with E-state index in [-0.39, 0.29) is 0 Å². The van der Waals surface area contributed by atoms with Crippen molar-refractivity contribution in [3.05, 3.63) is 36.5 Å². The highest BCUT2D eigenvalue weighted by molar-refractivity contribution is 5.42. The van der Waals surface area contributed by atoms with Gasteiger partial charge < -0.3 is 14.6 Å². The molecular formula is C14H18N4O. The maximum atomic E-state index is 5.32. The predicted molar refractivity (Wildman–Crippen MR) is 73.2 cm³/mol. The first-order valence-electron chi connectivity index (χ1n) is 6.70. The summed E-state index contributed by atoms with van der Waals surface area (Å²) >= 11 is 0. The Morgan fingerprint density at radius 2 is 2.26 bits per heavy atom. The van der Waals surface area contributed by atoms with Crippen LogP contribution in [0.25, 0.3) is 0 Å². The first-order chi connectivity index (χ1) is 9.36. The molecule has 0 unspecified atom stereocenters. The Labute approximate surface area is 112 Å². The Morgan fingerprint density at radius 1 is 1.37 bits per heavy atom. The van der Waals surface area contributed by atoms with E-state index in [2.05, 4.69) is 19.9 Å². The third kappa shape index (κ3) is 2.86. The van der Waals surface area contributed by atoms with Gasteiger partial charge in [-0.1, -0.05) is 0 Å². The van der Waals surface area contributed by atoms with Crippen LogP contribution < -0.4 is 10.1 Å². The largest absolute Gasteiger partial charge is 0.478 e. The average Bonchev–Trinajstić information content (AvgIpc) is 3.17. The van der Waals surface area contributed by atoms with Gasteiger partial charge in [0.25, 0.3) is 0 Å². The van der Waals surface area contributed by atoms with Gasteiger partial charge in [-0.2, -0.15) is 0 Å². The number of aromatic nitrogens is 3. The molecule has 0 atom stereocenters. The number of hydrogen-bond donors (Lipinski definition) is 1. The topological polar surface area (TPSA) is 52.0 Å². The zero-order valence-electron chi connectivity index (χ0n) is 11.0. The second-order valence-corrected chi connectivity index (χ2v) is 4.70. The summed E-state index contributed by atoms with van der Waals surface area (Å²) in [5.41, 5.74) is 2.21. The van der Waals surface area contributed by atoms with Crippen molar-refractivity contribution in [3.63, 3.8) is 0 Å². The summed E-state index contributed by atoms with van der Waals surface area (Å²) < 4.78 is 7.58. The SMILES string of the molecule is CCOc1ccc(NCc2cncn2C2CC2)cn1. The quantitative estimate of drug-likeness (QED) is 0.865. The van der Waals surface area contributed by atoms with Crippen molar-refractivity contribution >= 4 is 5.69 Å².